The first-order chi connectivity index (χ1) is 15.3. The molecule has 0 amide bonds. The lowest BCUT2D eigenvalue weighted by molar-refractivity contribution is -0.165. The summed E-state index contributed by atoms with van der Waals surface area (Å²) < 4.78 is 11.6. The average Bonchev–Trinajstić information content (AvgIpc) is 3.39. The van der Waals surface area contributed by atoms with E-state index in [1.807, 2.05) is 50.3 Å². The first-order valence-corrected chi connectivity index (χ1v) is 11.3. The zero-order valence-electron chi connectivity index (χ0n) is 18.8. The minimum atomic E-state index is -0.974. The molecule has 0 saturated carbocycles. The van der Waals surface area contributed by atoms with Gasteiger partial charge in [0.1, 0.15) is 11.9 Å². The van der Waals surface area contributed by atoms with Crippen LogP contribution in [-0.2, 0) is 9.47 Å². The van der Waals surface area contributed by atoms with E-state index in [0.717, 1.165) is 11.1 Å². The van der Waals surface area contributed by atoms with Crippen molar-refractivity contribution >= 4 is 6.08 Å². The highest BCUT2D eigenvalue weighted by molar-refractivity contribution is 5.56. The van der Waals surface area contributed by atoms with Gasteiger partial charge in [-0.3, -0.25) is 5.10 Å². The highest BCUT2D eigenvalue weighted by Crippen LogP contribution is 2.38. The molecule has 2 aliphatic rings. The SMILES string of the molecule is C/C(=C\c1nc(-c2ccccc2)n[nH]1)C[C@@H]1OC[C@H](C[C@@H]2O[C@H]2[C@@H](C)[C@H](C)O)[C@@H](O)[C@H]1O. The first kappa shape index (κ1) is 23.1. The van der Waals surface area contributed by atoms with Crippen LogP contribution in [0.25, 0.3) is 17.5 Å². The molecule has 1 aromatic heterocycles. The van der Waals surface area contributed by atoms with E-state index in [1.54, 1.807) is 6.92 Å². The summed E-state index contributed by atoms with van der Waals surface area (Å²) in [6.45, 7) is 6.03. The molecule has 0 unspecified atom stereocenters. The van der Waals surface area contributed by atoms with Crippen LogP contribution in [0.15, 0.2) is 35.9 Å². The highest BCUT2D eigenvalue weighted by atomic mass is 16.6. The van der Waals surface area contributed by atoms with Gasteiger partial charge in [0.2, 0.25) is 0 Å². The molecule has 2 aromatic rings. The highest BCUT2D eigenvalue weighted by Gasteiger charge is 2.48. The Labute approximate surface area is 188 Å². The predicted molar refractivity (Wildman–Crippen MR) is 119 cm³/mol. The van der Waals surface area contributed by atoms with Crippen LogP contribution in [0, 0.1) is 11.8 Å². The summed E-state index contributed by atoms with van der Waals surface area (Å²) in [5, 5.41) is 38.2. The van der Waals surface area contributed by atoms with Crippen molar-refractivity contribution in [3.05, 3.63) is 41.7 Å². The third kappa shape index (κ3) is 5.27. The Hall–Kier alpha value is -2.10. The van der Waals surface area contributed by atoms with Crippen molar-refractivity contribution in [2.24, 2.45) is 11.8 Å². The Morgan fingerprint density at radius 2 is 1.94 bits per heavy atom. The van der Waals surface area contributed by atoms with E-state index >= 15 is 0 Å². The molecule has 0 spiro atoms. The standard InChI is InChI=1S/C24H33N3O5/c1-13(10-20-25-24(27-26-20)16-7-5-4-6-8-16)9-18-22(30)21(29)17(12-31-18)11-19-23(32-19)14(2)15(3)28/h4-8,10,14-15,17-19,21-23,28-30H,9,11-12H2,1-3H3,(H,25,26,27)/b13-10+/t14-,15-,17-,18-,19-,21+,22-,23-/m0/s1. The molecule has 2 saturated heterocycles. The molecule has 0 radical (unpaired) electrons. The number of hydrogen-bond donors (Lipinski definition) is 4. The molecule has 3 heterocycles. The first-order valence-electron chi connectivity index (χ1n) is 11.3. The molecule has 4 N–H and O–H groups in total. The average molecular weight is 444 g/mol. The Bertz CT molecular complexity index is 915. The van der Waals surface area contributed by atoms with Crippen molar-refractivity contribution < 1.29 is 24.8 Å². The molecule has 8 heteroatoms. The molecule has 4 rings (SSSR count). The normalized spacial score (nSPS) is 32.5. The summed E-state index contributed by atoms with van der Waals surface area (Å²) in [6, 6.07) is 9.73. The fourth-order valence-corrected chi connectivity index (χ4v) is 4.38. The molecule has 32 heavy (non-hydrogen) atoms. The van der Waals surface area contributed by atoms with Crippen LogP contribution >= 0.6 is 0 Å². The number of benzene rings is 1. The zero-order chi connectivity index (χ0) is 22.8. The number of hydrogen-bond acceptors (Lipinski definition) is 7. The monoisotopic (exact) mass is 443 g/mol. The summed E-state index contributed by atoms with van der Waals surface area (Å²) in [7, 11) is 0. The van der Waals surface area contributed by atoms with Crippen LogP contribution in [0.2, 0.25) is 0 Å². The smallest absolute Gasteiger partial charge is 0.181 e. The Morgan fingerprint density at radius 1 is 1.19 bits per heavy atom. The maximum atomic E-state index is 10.7. The van der Waals surface area contributed by atoms with Crippen LogP contribution in [0.3, 0.4) is 0 Å². The maximum Gasteiger partial charge on any atom is 0.181 e. The molecule has 1 aromatic carbocycles. The molecular weight excluding hydrogens is 410 g/mol. The molecule has 0 aliphatic carbocycles. The van der Waals surface area contributed by atoms with Gasteiger partial charge in [0.15, 0.2) is 5.82 Å². The van der Waals surface area contributed by atoms with Crippen LogP contribution in [0.1, 0.15) is 39.4 Å². The number of aliphatic hydroxyl groups is 3. The lowest BCUT2D eigenvalue weighted by Gasteiger charge is -2.38. The second kappa shape index (κ2) is 9.80. The second-order valence-corrected chi connectivity index (χ2v) is 9.19. The maximum absolute atomic E-state index is 10.7. The van der Waals surface area contributed by atoms with Gasteiger partial charge in [-0.1, -0.05) is 42.8 Å². The van der Waals surface area contributed by atoms with Crippen LogP contribution in [0.4, 0.5) is 0 Å². The van der Waals surface area contributed by atoms with Gasteiger partial charge < -0.3 is 24.8 Å². The molecule has 0 bridgehead atoms. The minimum absolute atomic E-state index is 0.00139. The Kier molecular flexibility index (Phi) is 7.07. The van der Waals surface area contributed by atoms with E-state index < -0.39 is 24.4 Å². The number of epoxide rings is 1. The van der Waals surface area contributed by atoms with Crippen molar-refractivity contribution in [2.45, 2.75) is 70.2 Å². The lowest BCUT2D eigenvalue weighted by atomic mass is 9.85. The van der Waals surface area contributed by atoms with Crippen molar-refractivity contribution in [1.29, 1.82) is 0 Å². The third-order valence-electron chi connectivity index (χ3n) is 6.62. The van der Waals surface area contributed by atoms with Gasteiger partial charge in [0.05, 0.1) is 37.1 Å². The molecule has 2 aliphatic heterocycles. The number of aromatic nitrogens is 3. The number of nitrogens with one attached hydrogen (secondary N) is 1. The fraction of sp³-hybridized carbons (Fsp3) is 0.583. The molecule has 8 nitrogen and oxygen atoms in total. The van der Waals surface area contributed by atoms with Crippen LogP contribution < -0.4 is 0 Å². The second-order valence-electron chi connectivity index (χ2n) is 9.19. The predicted octanol–water partition coefficient (Wildman–Crippen LogP) is 2.18. The molecule has 174 valence electrons. The molecular formula is C24H33N3O5. The molecule has 8 atom stereocenters. The van der Waals surface area contributed by atoms with Gasteiger partial charge in [-0.15, -0.1) is 0 Å². The van der Waals surface area contributed by atoms with E-state index in [2.05, 4.69) is 15.2 Å². The number of aromatic amines is 1. The summed E-state index contributed by atoms with van der Waals surface area (Å²) >= 11 is 0. The number of rotatable bonds is 8. The summed E-state index contributed by atoms with van der Waals surface area (Å²) in [4.78, 5) is 4.51. The number of ether oxygens (including phenoxy) is 2. The van der Waals surface area contributed by atoms with Crippen LogP contribution in [-0.4, -0.2) is 73.7 Å². The van der Waals surface area contributed by atoms with E-state index in [4.69, 9.17) is 9.47 Å². The third-order valence-corrected chi connectivity index (χ3v) is 6.62. The minimum Gasteiger partial charge on any atom is -0.393 e. The summed E-state index contributed by atoms with van der Waals surface area (Å²) in [5.41, 5.74) is 1.90. The number of aliphatic hydroxyl groups excluding tert-OH is 3. The quantitative estimate of drug-likeness (QED) is 0.461. The van der Waals surface area contributed by atoms with Gasteiger partial charge in [0, 0.05) is 17.4 Å². The van der Waals surface area contributed by atoms with Gasteiger partial charge in [-0.05, 0) is 32.8 Å². The van der Waals surface area contributed by atoms with Gasteiger partial charge in [-0.25, -0.2) is 4.98 Å². The van der Waals surface area contributed by atoms with Crippen molar-refractivity contribution in [3.8, 4) is 11.4 Å². The van der Waals surface area contributed by atoms with Crippen LogP contribution in [0.5, 0.6) is 0 Å². The lowest BCUT2D eigenvalue weighted by Crippen LogP contribution is -2.50. The van der Waals surface area contributed by atoms with Crippen molar-refractivity contribution in [1.82, 2.24) is 15.2 Å². The summed E-state index contributed by atoms with van der Waals surface area (Å²) in [5.74, 6) is 1.12. The van der Waals surface area contributed by atoms with E-state index in [1.165, 1.54) is 0 Å². The van der Waals surface area contributed by atoms with E-state index in [9.17, 15) is 15.3 Å². The van der Waals surface area contributed by atoms with E-state index in [0.29, 0.717) is 31.1 Å². The zero-order valence-corrected chi connectivity index (χ0v) is 18.8. The molecule has 2 fully saturated rings. The number of nitrogens with zero attached hydrogens (tertiary/aromatic N) is 2. The summed E-state index contributed by atoms with van der Waals surface area (Å²) in [6.07, 6.45) is 0.213. The van der Waals surface area contributed by atoms with Crippen molar-refractivity contribution in [3.63, 3.8) is 0 Å². The largest absolute Gasteiger partial charge is 0.393 e. The Morgan fingerprint density at radius 3 is 2.66 bits per heavy atom. The van der Waals surface area contributed by atoms with E-state index in [-0.39, 0.29) is 24.0 Å². The van der Waals surface area contributed by atoms with Crippen molar-refractivity contribution in [2.75, 3.05) is 6.61 Å². The fourth-order valence-electron chi connectivity index (χ4n) is 4.38. The van der Waals surface area contributed by atoms with Gasteiger partial charge in [-0.2, -0.15) is 5.10 Å². The Balaban J connectivity index is 1.30. The number of H-pyrrole nitrogens is 1. The van der Waals surface area contributed by atoms with Gasteiger partial charge >= 0.3 is 0 Å². The topological polar surface area (TPSA) is 124 Å². The van der Waals surface area contributed by atoms with Gasteiger partial charge in [0.25, 0.3) is 0 Å².